The lowest BCUT2D eigenvalue weighted by Gasteiger charge is -2.16. The van der Waals surface area contributed by atoms with E-state index in [1.807, 2.05) is 4.57 Å². The number of nitrogens with zero attached hydrogens (tertiary/aromatic N) is 1. The van der Waals surface area contributed by atoms with Crippen LogP contribution in [0.2, 0.25) is 0 Å². The summed E-state index contributed by atoms with van der Waals surface area (Å²) in [6.07, 6.45) is 0.417. The van der Waals surface area contributed by atoms with Crippen molar-refractivity contribution in [1.82, 2.24) is 0 Å². The highest BCUT2D eigenvalue weighted by atomic mass is 32.2. The van der Waals surface area contributed by atoms with Crippen LogP contribution in [-0.2, 0) is 25.7 Å². The molecule has 4 rings (SSSR count). The first-order chi connectivity index (χ1) is 19.7. The summed E-state index contributed by atoms with van der Waals surface area (Å²) in [4.78, 5) is 35.1. The number of carboxylic acids is 1. The third-order valence-corrected chi connectivity index (χ3v) is 7.98. The number of phosphoric ester groups is 1. The number of fused-ring (bicyclic) bond motifs is 2. The number of carbonyl (C=O) groups excluding carboxylic acids is 1. The third kappa shape index (κ3) is 6.97. The summed E-state index contributed by atoms with van der Waals surface area (Å²) < 4.78 is 62.0. The number of pyridine rings is 1. The van der Waals surface area contributed by atoms with E-state index in [9.17, 15) is 37.1 Å². The Morgan fingerprint density at radius 3 is 2.26 bits per heavy atom. The summed E-state index contributed by atoms with van der Waals surface area (Å²) in [7, 11) is -4.20. The standard InChI is InChI=1S/C27H25BNO11PS/c1-16-13-18(26(30)31)14-17(2)25(16)38-27(32)24-20-7-3-4-8-22(20)29(11-5-6-12-42(35,36)37)23-10-9-19(15-21(23)24)39-41(33,34)40-28/h3-4,7-10,13-15H,5-6,11-12H2,1-2H3,(H2-,30,31,33,34,35,36,37). The van der Waals surface area contributed by atoms with Gasteiger partial charge in [0.1, 0.15) is 18.0 Å². The minimum Gasteiger partial charge on any atom is -0.748 e. The average Bonchev–Trinajstić information content (AvgIpc) is 2.91. The summed E-state index contributed by atoms with van der Waals surface area (Å²) >= 11 is 0. The molecule has 12 nitrogen and oxygen atoms in total. The van der Waals surface area contributed by atoms with Crippen LogP contribution in [0.15, 0.2) is 54.6 Å². The van der Waals surface area contributed by atoms with Crippen LogP contribution in [0.25, 0.3) is 21.8 Å². The lowest BCUT2D eigenvalue weighted by atomic mass is 10.0. The lowest BCUT2D eigenvalue weighted by molar-refractivity contribution is -0.645. The van der Waals surface area contributed by atoms with E-state index in [1.165, 1.54) is 30.3 Å². The van der Waals surface area contributed by atoms with Gasteiger partial charge < -0.3 is 23.4 Å². The van der Waals surface area contributed by atoms with E-state index in [0.717, 1.165) is 0 Å². The predicted octanol–water partition coefficient (Wildman–Crippen LogP) is 3.72. The van der Waals surface area contributed by atoms with Gasteiger partial charge in [-0.1, -0.05) is 12.1 Å². The first kappa shape index (κ1) is 31.1. The molecule has 218 valence electrons. The number of unbranched alkanes of at least 4 members (excludes halogenated alkanes) is 1. The van der Waals surface area contributed by atoms with Crippen LogP contribution < -0.4 is 13.8 Å². The quantitative estimate of drug-likeness (QED) is 0.0368. The van der Waals surface area contributed by atoms with Gasteiger partial charge in [-0.3, -0.25) is 4.89 Å². The van der Waals surface area contributed by atoms with Gasteiger partial charge in [-0.05, 0) is 61.7 Å². The van der Waals surface area contributed by atoms with Crippen molar-refractivity contribution in [2.45, 2.75) is 33.2 Å². The molecule has 4 aromatic rings. The fourth-order valence-corrected chi connectivity index (χ4v) is 5.73. The van der Waals surface area contributed by atoms with Gasteiger partial charge in [0.15, 0.2) is 0 Å². The number of phosphoric acid groups is 1. The molecule has 2 N–H and O–H groups in total. The fraction of sp³-hybridized carbons (Fsp3) is 0.222. The number of aromatic carboxylic acids is 1. The first-order valence-corrected chi connectivity index (χ1v) is 15.6. The van der Waals surface area contributed by atoms with Crippen molar-refractivity contribution in [2.24, 2.45) is 0 Å². The second-order valence-electron chi connectivity index (χ2n) is 9.49. The van der Waals surface area contributed by atoms with Crippen LogP contribution in [0, 0.1) is 13.8 Å². The number of ether oxygens (including phenoxy) is 1. The molecule has 1 atom stereocenters. The predicted molar refractivity (Wildman–Crippen MR) is 151 cm³/mol. The number of benzene rings is 3. The van der Waals surface area contributed by atoms with Crippen LogP contribution >= 0.6 is 7.82 Å². The number of carboxylic acid groups (broad SMARTS) is 1. The second kappa shape index (κ2) is 12.2. The van der Waals surface area contributed by atoms with Gasteiger partial charge >= 0.3 is 27.8 Å². The highest BCUT2D eigenvalue weighted by molar-refractivity contribution is 7.85. The van der Waals surface area contributed by atoms with Gasteiger partial charge in [0.25, 0.3) is 0 Å². The summed E-state index contributed by atoms with van der Waals surface area (Å²) in [5.41, 5.74) is 1.99. The van der Waals surface area contributed by atoms with E-state index in [-0.39, 0.29) is 41.0 Å². The van der Waals surface area contributed by atoms with Crippen LogP contribution in [0.1, 0.15) is 44.7 Å². The van der Waals surface area contributed by atoms with Crippen LogP contribution in [0.4, 0.5) is 0 Å². The zero-order valence-electron chi connectivity index (χ0n) is 22.5. The minimum atomic E-state index is -4.67. The van der Waals surface area contributed by atoms with Gasteiger partial charge in [0, 0.05) is 24.3 Å². The van der Waals surface area contributed by atoms with Crippen molar-refractivity contribution in [3.05, 3.63) is 76.9 Å². The van der Waals surface area contributed by atoms with Crippen LogP contribution in [-0.4, -0.2) is 48.7 Å². The summed E-state index contributed by atoms with van der Waals surface area (Å²) in [5, 5.41) is 10.1. The molecule has 0 aliphatic heterocycles. The number of aromatic nitrogens is 1. The Hall–Kier alpha value is -3.81. The highest BCUT2D eigenvalue weighted by Gasteiger charge is 2.28. The molecule has 42 heavy (non-hydrogen) atoms. The number of esters is 1. The molecule has 0 bridgehead atoms. The molecule has 2 radical (unpaired) electrons. The Bertz CT molecular complexity index is 1850. The summed E-state index contributed by atoms with van der Waals surface area (Å²) in [5.74, 6) is -2.44. The Morgan fingerprint density at radius 1 is 1.00 bits per heavy atom. The van der Waals surface area contributed by atoms with Crippen molar-refractivity contribution >= 4 is 59.7 Å². The zero-order chi connectivity index (χ0) is 30.8. The summed E-state index contributed by atoms with van der Waals surface area (Å²) in [6, 6.07) is 13.9. The molecule has 0 aliphatic rings. The maximum Gasteiger partial charge on any atom is 0.511 e. The largest absolute Gasteiger partial charge is 0.748 e. The van der Waals surface area contributed by atoms with E-state index in [4.69, 9.17) is 17.3 Å². The van der Waals surface area contributed by atoms with Gasteiger partial charge in [-0.2, -0.15) is 4.57 Å². The maximum absolute atomic E-state index is 13.9. The molecule has 0 saturated heterocycles. The molecule has 3 aromatic carbocycles. The number of carbonyl (C=O) groups is 2. The van der Waals surface area contributed by atoms with E-state index in [1.54, 1.807) is 38.1 Å². The van der Waals surface area contributed by atoms with Gasteiger partial charge in [-0.15, -0.1) is 0 Å². The van der Waals surface area contributed by atoms with Crippen LogP contribution in [0.5, 0.6) is 11.5 Å². The van der Waals surface area contributed by atoms with Crippen molar-refractivity contribution in [3.63, 3.8) is 0 Å². The first-order valence-electron chi connectivity index (χ1n) is 12.5. The molecular weight excluding hydrogens is 588 g/mol. The van der Waals surface area contributed by atoms with Gasteiger partial charge in [-0.25, -0.2) is 22.6 Å². The Morgan fingerprint density at radius 2 is 1.64 bits per heavy atom. The summed E-state index contributed by atoms with van der Waals surface area (Å²) in [6.45, 7) is 3.48. The molecule has 0 saturated carbocycles. The number of para-hydroxylation sites is 1. The molecule has 0 fully saturated rings. The highest BCUT2D eigenvalue weighted by Crippen LogP contribution is 2.43. The van der Waals surface area contributed by atoms with Crippen molar-refractivity contribution in [2.75, 3.05) is 5.75 Å². The number of hydrogen-bond donors (Lipinski definition) is 2. The monoisotopic (exact) mass is 613 g/mol. The van der Waals surface area contributed by atoms with E-state index >= 15 is 0 Å². The van der Waals surface area contributed by atoms with Crippen molar-refractivity contribution < 1.29 is 55.4 Å². The van der Waals surface area contributed by atoms with Gasteiger partial charge in [0.05, 0.1) is 32.0 Å². The third-order valence-electron chi connectivity index (χ3n) is 6.48. The lowest BCUT2D eigenvalue weighted by Crippen LogP contribution is -2.37. The Labute approximate surface area is 242 Å². The molecule has 1 heterocycles. The van der Waals surface area contributed by atoms with E-state index < -0.39 is 35.6 Å². The van der Waals surface area contributed by atoms with E-state index in [0.29, 0.717) is 34.0 Å². The molecule has 1 aromatic heterocycles. The van der Waals surface area contributed by atoms with Crippen molar-refractivity contribution in [1.29, 1.82) is 0 Å². The van der Waals surface area contributed by atoms with E-state index in [2.05, 4.69) is 4.44 Å². The van der Waals surface area contributed by atoms with Crippen LogP contribution in [0.3, 0.4) is 0 Å². The molecular formula is C27H25BNO11PS. The molecule has 15 heteroatoms. The number of aryl methyl sites for hydroxylation is 3. The Kier molecular flexibility index (Phi) is 9.05. The molecule has 0 spiro atoms. The zero-order valence-corrected chi connectivity index (χ0v) is 24.2. The molecule has 1 unspecified atom stereocenters. The maximum atomic E-state index is 13.9. The minimum absolute atomic E-state index is 0.0311. The number of rotatable bonds is 11. The second-order valence-corrected chi connectivity index (χ2v) is 12.3. The smallest absolute Gasteiger partial charge is 0.511 e. The SMILES string of the molecule is [B]OP(=O)(O)Oc1ccc2c(c1)c(C(=O)Oc1c(C)cc(C(=O)O)cc1C)c1ccccc1[n+]2CCCCS(=O)(=O)[O-]. The molecule has 0 amide bonds. The normalized spacial score (nSPS) is 13.1. The number of hydrogen-bond acceptors (Lipinski definition) is 9. The van der Waals surface area contributed by atoms with Gasteiger partial charge in [0.2, 0.25) is 11.0 Å². The Balaban J connectivity index is 1.90. The topological polar surface area (TPSA) is 180 Å². The molecule has 0 aliphatic carbocycles. The van der Waals surface area contributed by atoms with Crippen molar-refractivity contribution in [3.8, 4) is 11.5 Å². The fourth-order valence-electron chi connectivity index (χ4n) is 4.75. The average molecular weight is 613 g/mol.